The Labute approximate surface area is 137 Å². The fourth-order valence-corrected chi connectivity index (χ4v) is 4.90. The van der Waals surface area contributed by atoms with Crippen LogP contribution in [0.25, 0.3) is 0 Å². The van der Waals surface area contributed by atoms with Gasteiger partial charge in [0.15, 0.2) is 0 Å². The van der Waals surface area contributed by atoms with Crippen molar-refractivity contribution in [3.05, 3.63) is 0 Å². The first kappa shape index (κ1) is 20.7. The standard InChI is InChI=1S/C9H21N5O6P2S/c1-14-8(11-12-13-14)23-7-5-3-2-4-6-10-9(21(15,16)17)22(18,19)20/h9-10H,2-7H2,1H3,(H2,15,16,17)(H2,18,19,20). The van der Waals surface area contributed by atoms with E-state index in [0.717, 1.165) is 30.2 Å². The quantitative estimate of drug-likeness (QED) is 0.197. The van der Waals surface area contributed by atoms with Gasteiger partial charge in [0, 0.05) is 12.8 Å². The van der Waals surface area contributed by atoms with E-state index in [0.29, 0.717) is 6.42 Å². The van der Waals surface area contributed by atoms with Gasteiger partial charge in [-0.2, -0.15) is 0 Å². The van der Waals surface area contributed by atoms with Crippen LogP contribution in [0.1, 0.15) is 25.7 Å². The van der Waals surface area contributed by atoms with E-state index in [1.54, 1.807) is 11.7 Å². The molecule has 1 heterocycles. The van der Waals surface area contributed by atoms with E-state index in [4.69, 9.17) is 19.6 Å². The van der Waals surface area contributed by atoms with Gasteiger partial charge in [0.1, 0.15) is 0 Å². The number of thioether (sulfide) groups is 1. The maximum Gasteiger partial charge on any atom is 0.354 e. The zero-order valence-corrected chi connectivity index (χ0v) is 15.1. The van der Waals surface area contributed by atoms with E-state index >= 15 is 0 Å². The third-order valence-electron chi connectivity index (χ3n) is 2.85. The van der Waals surface area contributed by atoms with Crippen LogP contribution in [0.2, 0.25) is 0 Å². The molecule has 0 saturated heterocycles. The first-order valence-corrected chi connectivity index (χ1v) is 11.2. The van der Waals surface area contributed by atoms with Gasteiger partial charge in [-0.05, 0) is 29.8 Å². The number of unbranched alkanes of at least 4 members (excludes halogenated alkanes) is 3. The molecule has 23 heavy (non-hydrogen) atoms. The van der Waals surface area contributed by atoms with Gasteiger partial charge < -0.3 is 19.6 Å². The number of nitrogens with zero attached hydrogens (tertiary/aromatic N) is 4. The van der Waals surface area contributed by atoms with Crippen LogP contribution in [0.15, 0.2) is 5.16 Å². The van der Waals surface area contributed by atoms with Gasteiger partial charge in [-0.3, -0.25) is 14.4 Å². The third kappa shape index (κ3) is 7.86. The fraction of sp³-hybridized carbons (Fsp3) is 0.889. The lowest BCUT2D eigenvalue weighted by Crippen LogP contribution is -2.29. The van der Waals surface area contributed by atoms with Crippen molar-refractivity contribution in [2.24, 2.45) is 7.05 Å². The van der Waals surface area contributed by atoms with Gasteiger partial charge in [0.2, 0.25) is 10.7 Å². The van der Waals surface area contributed by atoms with Gasteiger partial charge in [0.05, 0.1) is 0 Å². The number of hydrogen-bond donors (Lipinski definition) is 5. The van der Waals surface area contributed by atoms with Crippen LogP contribution in [0.5, 0.6) is 0 Å². The molecule has 0 saturated carbocycles. The Kier molecular flexibility index (Phi) is 8.32. The maximum atomic E-state index is 11.0. The number of aryl methyl sites for hydroxylation is 1. The van der Waals surface area contributed by atoms with Crippen LogP contribution in [0.4, 0.5) is 0 Å². The zero-order valence-electron chi connectivity index (χ0n) is 12.5. The minimum atomic E-state index is -4.89. The molecule has 0 aliphatic rings. The molecule has 0 bridgehead atoms. The highest BCUT2D eigenvalue weighted by molar-refractivity contribution is 7.99. The molecule has 0 aliphatic heterocycles. The molecule has 0 aliphatic carbocycles. The lowest BCUT2D eigenvalue weighted by atomic mass is 10.2. The topological polar surface area (TPSA) is 171 Å². The molecule has 0 amide bonds. The van der Waals surface area contributed by atoms with Crippen LogP contribution >= 0.6 is 27.0 Å². The Hall–Kier alpha value is -0.320. The fourth-order valence-electron chi connectivity index (χ4n) is 1.75. The molecule has 1 aromatic rings. The summed E-state index contributed by atoms with van der Waals surface area (Å²) in [4.78, 5) is 35.7. The molecule has 0 atom stereocenters. The van der Waals surface area contributed by atoms with Crippen LogP contribution < -0.4 is 5.32 Å². The number of hydrogen-bond acceptors (Lipinski definition) is 7. The molecule has 14 heteroatoms. The molecule has 0 unspecified atom stereocenters. The number of tetrazole rings is 1. The summed E-state index contributed by atoms with van der Waals surface area (Å²) in [5, 5.41) is 14.1. The monoisotopic (exact) mass is 389 g/mol. The van der Waals surface area contributed by atoms with Crippen molar-refractivity contribution >= 4 is 27.0 Å². The summed E-state index contributed by atoms with van der Waals surface area (Å²) in [6, 6.07) is 0. The van der Waals surface area contributed by atoms with Crippen molar-refractivity contribution in [3.63, 3.8) is 0 Å². The number of rotatable bonds is 11. The van der Waals surface area contributed by atoms with Crippen molar-refractivity contribution < 1.29 is 28.7 Å². The Morgan fingerprint density at radius 3 is 2.26 bits per heavy atom. The SMILES string of the molecule is Cn1nnnc1SCCCCCCNC(P(=O)(O)O)P(=O)(O)O. The lowest BCUT2D eigenvalue weighted by molar-refractivity contribution is 0.327. The Morgan fingerprint density at radius 2 is 1.74 bits per heavy atom. The third-order valence-corrected chi connectivity index (χ3v) is 7.39. The highest BCUT2D eigenvalue weighted by atomic mass is 32.2. The van der Waals surface area contributed by atoms with Gasteiger partial charge in [0.25, 0.3) is 0 Å². The second-order valence-corrected chi connectivity index (χ2v) is 9.71. The normalized spacial score (nSPS) is 13.0. The molecule has 1 rings (SSSR count). The first-order chi connectivity index (χ1) is 10.6. The summed E-state index contributed by atoms with van der Waals surface area (Å²) < 4.78 is 23.7. The highest BCUT2D eigenvalue weighted by Crippen LogP contribution is 2.58. The van der Waals surface area contributed by atoms with Gasteiger partial charge in [-0.25, -0.2) is 4.68 Å². The summed E-state index contributed by atoms with van der Waals surface area (Å²) in [5.74, 6) is 0.842. The predicted molar refractivity (Wildman–Crippen MR) is 83.9 cm³/mol. The minimum Gasteiger partial charge on any atom is -0.323 e. The summed E-state index contributed by atoms with van der Waals surface area (Å²) in [6.45, 7) is 0.126. The van der Waals surface area contributed by atoms with E-state index in [9.17, 15) is 9.13 Å². The van der Waals surface area contributed by atoms with Crippen LogP contribution in [0.3, 0.4) is 0 Å². The number of nitrogens with one attached hydrogen (secondary N) is 1. The molecular formula is C9H21N5O6P2S. The van der Waals surface area contributed by atoms with Gasteiger partial charge >= 0.3 is 15.2 Å². The summed E-state index contributed by atoms with van der Waals surface area (Å²) in [5.41, 5.74) is -2.13. The van der Waals surface area contributed by atoms with Crippen LogP contribution in [-0.4, -0.2) is 57.6 Å². The first-order valence-electron chi connectivity index (χ1n) is 6.81. The average molecular weight is 389 g/mol. The van der Waals surface area contributed by atoms with Crippen molar-refractivity contribution in [3.8, 4) is 0 Å². The molecule has 11 nitrogen and oxygen atoms in total. The Morgan fingerprint density at radius 1 is 1.13 bits per heavy atom. The highest BCUT2D eigenvalue weighted by Gasteiger charge is 2.42. The van der Waals surface area contributed by atoms with Gasteiger partial charge in [-0.1, -0.05) is 24.6 Å². The smallest absolute Gasteiger partial charge is 0.323 e. The molecule has 0 fully saturated rings. The number of aromatic nitrogens is 4. The summed E-state index contributed by atoms with van der Waals surface area (Å²) in [6.07, 6.45) is 3.14. The molecule has 0 spiro atoms. The van der Waals surface area contributed by atoms with Crippen molar-refractivity contribution in [1.82, 2.24) is 25.5 Å². The van der Waals surface area contributed by atoms with E-state index in [-0.39, 0.29) is 6.54 Å². The molecule has 5 N–H and O–H groups in total. The molecule has 0 aromatic carbocycles. The molecular weight excluding hydrogens is 368 g/mol. The van der Waals surface area contributed by atoms with Crippen LogP contribution in [0, 0.1) is 0 Å². The van der Waals surface area contributed by atoms with E-state index in [2.05, 4.69) is 20.8 Å². The lowest BCUT2D eigenvalue weighted by Gasteiger charge is -2.20. The van der Waals surface area contributed by atoms with E-state index < -0.39 is 20.7 Å². The zero-order chi connectivity index (χ0) is 17.5. The largest absolute Gasteiger partial charge is 0.354 e. The second-order valence-electron chi connectivity index (χ2n) is 4.85. The average Bonchev–Trinajstić information content (AvgIpc) is 2.79. The molecule has 0 radical (unpaired) electrons. The Balaban J connectivity index is 2.14. The molecule has 1 aromatic heterocycles. The summed E-state index contributed by atoms with van der Waals surface area (Å²) >= 11 is 1.53. The van der Waals surface area contributed by atoms with Gasteiger partial charge in [-0.15, -0.1) is 5.10 Å². The predicted octanol–water partition coefficient (Wildman–Crippen LogP) is 0.0912. The summed E-state index contributed by atoms with van der Waals surface area (Å²) in [7, 11) is -8.03. The van der Waals surface area contributed by atoms with Crippen molar-refractivity contribution in [2.75, 3.05) is 12.3 Å². The minimum absolute atomic E-state index is 0.126. The molecule has 134 valence electrons. The van der Waals surface area contributed by atoms with Crippen molar-refractivity contribution in [1.29, 1.82) is 0 Å². The van der Waals surface area contributed by atoms with E-state index in [1.807, 2.05) is 0 Å². The second kappa shape index (κ2) is 9.24. The van der Waals surface area contributed by atoms with Crippen molar-refractivity contribution in [2.45, 2.75) is 36.4 Å². The Bertz CT molecular complexity index is 553. The van der Waals surface area contributed by atoms with Crippen LogP contribution in [-0.2, 0) is 16.2 Å². The van der Waals surface area contributed by atoms with E-state index in [1.165, 1.54) is 11.8 Å². The maximum absolute atomic E-state index is 11.0.